The van der Waals surface area contributed by atoms with Gasteiger partial charge in [0.1, 0.15) is 11.6 Å². The quantitative estimate of drug-likeness (QED) is 0.380. The summed E-state index contributed by atoms with van der Waals surface area (Å²) in [4.78, 5) is 12.5. The van der Waals surface area contributed by atoms with E-state index in [1.54, 1.807) is 0 Å². The summed E-state index contributed by atoms with van der Waals surface area (Å²) in [5.41, 5.74) is 8.63. The number of hydrogen-bond donors (Lipinski definition) is 4. The van der Waals surface area contributed by atoms with Gasteiger partial charge >= 0.3 is 0 Å². The first-order valence-electron chi connectivity index (χ1n) is 11.3. The first kappa shape index (κ1) is 25.9. The third-order valence-corrected chi connectivity index (χ3v) is 5.46. The van der Waals surface area contributed by atoms with Crippen molar-refractivity contribution in [2.45, 2.75) is 70.7 Å². The summed E-state index contributed by atoms with van der Waals surface area (Å²) in [6.45, 7) is 4.85. The topological polar surface area (TPSA) is 87.4 Å². The number of aliphatic hydroxyl groups excluding tert-OH is 1. The number of carbonyl (C=O) groups excluding carboxylic acids is 1. The molecule has 1 amide bonds. The summed E-state index contributed by atoms with van der Waals surface area (Å²) in [6.07, 6.45) is 2.31. The lowest BCUT2D eigenvalue weighted by atomic mass is 9.99. The maximum Gasteiger partial charge on any atom is 0.237 e. The van der Waals surface area contributed by atoms with Crippen molar-refractivity contribution >= 4 is 5.91 Å². The number of unbranched alkanes of at least 4 members (excludes halogenated alkanes) is 1. The molecule has 0 fully saturated rings. The molecule has 5 nitrogen and oxygen atoms in total. The van der Waals surface area contributed by atoms with Crippen LogP contribution in [0, 0.1) is 11.6 Å². The van der Waals surface area contributed by atoms with Crippen LogP contribution in [0.2, 0.25) is 0 Å². The fourth-order valence-corrected chi connectivity index (χ4v) is 3.58. The molecule has 0 unspecified atom stereocenters. The van der Waals surface area contributed by atoms with E-state index >= 15 is 0 Å². The van der Waals surface area contributed by atoms with Gasteiger partial charge in [-0.05, 0) is 48.1 Å². The zero-order valence-electron chi connectivity index (χ0n) is 18.9. The molecule has 0 spiro atoms. The number of amides is 1. The number of nitrogens with two attached hydrogens (primary N) is 1. The molecule has 3 atom stereocenters. The van der Waals surface area contributed by atoms with Crippen molar-refractivity contribution < 1.29 is 18.7 Å². The van der Waals surface area contributed by atoms with Crippen LogP contribution in [0.15, 0.2) is 42.5 Å². The van der Waals surface area contributed by atoms with Gasteiger partial charge in [0.2, 0.25) is 5.91 Å². The van der Waals surface area contributed by atoms with E-state index < -0.39 is 29.8 Å². The molecular weight excluding hydrogens is 412 g/mol. The van der Waals surface area contributed by atoms with Crippen molar-refractivity contribution in [1.29, 1.82) is 0 Å². The number of aliphatic hydroxyl groups is 1. The summed E-state index contributed by atoms with van der Waals surface area (Å²) in [5, 5.41) is 16.8. The Morgan fingerprint density at radius 1 is 1.06 bits per heavy atom. The number of halogens is 2. The highest BCUT2D eigenvalue weighted by Crippen LogP contribution is 2.13. The molecule has 176 valence electrons. The molecule has 32 heavy (non-hydrogen) atoms. The lowest BCUT2D eigenvalue weighted by Crippen LogP contribution is -2.53. The van der Waals surface area contributed by atoms with Crippen LogP contribution in [0.4, 0.5) is 8.78 Å². The van der Waals surface area contributed by atoms with Crippen LogP contribution < -0.4 is 16.4 Å². The molecule has 0 aliphatic carbocycles. The minimum Gasteiger partial charge on any atom is -0.390 e. The van der Waals surface area contributed by atoms with Crippen LogP contribution in [0.1, 0.15) is 49.8 Å². The molecule has 0 aliphatic heterocycles. The second-order valence-electron chi connectivity index (χ2n) is 8.22. The van der Waals surface area contributed by atoms with Crippen LogP contribution in [0.25, 0.3) is 0 Å². The van der Waals surface area contributed by atoms with Gasteiger partial charge in [0.15, 0.2) is 0 Å². The standard InChI is InChI=1S/C25H35F2N3O2/c1-3-5-9-22(28)25(32)30-23(13-19-11-20(26)14-21(27)12-19)24(31)16-29-15-18-8-6-7-17(4-2)10-18/h6-8,10-12,14,22-24,29,31H,3-5,9,13,15-16,28H2,1-2H3,(H,30,32)/t22-,23-,24+/m0/s1. The Morgan fingerprint density at radius 3 is 2.41 bits per heavy atom. The predicted molar refractivity (Wildman–Crippen MR) is 123 cm³/mol. The van der Waals surface area contributed by atoms with E-state index in [1.807, 2.05) is 19.1 Å². The average Bonchev–Trinajstić information content (AvgIpc) is 2.76. The predicted octanol–water partition coefficient (Wildman–Crippen LogP) is 3.22. The smallest absolute Gasteiger partial charge is 0.237 e. The van der Waals surface area contributed by atoms with E-state index in [0.717, 1.165) is 30.9 Å². The maximum absolute atomic E-state index is 13.6. The highest BCUT2D eigenvalue weighted by Gasteiger charge is 2.24. The van der Waals surface area contributed by atoms with Crippen LogP contribution in [0.5, 0.6) is 0 Å². The number of aryl methyl sites for hydroxylation is 1. The summed E-state index contributed by atoms with van der Waals surface area (Å²) < 4.78 is 27.3. The zero-order chi connectivity index (χ0) is 23.5. The van der Waals surface area contributed by atoms with Gasteiger partial charge in [-0.2, -0.15) is 0 Å². The number of hydrogen-bond acceptors (Lipinski definition) is 4. The third-order valence-electron chi connectivity index (χ3n) is 5.46. The molecule has 0 saturated carbocycles. The molecule has 0 heterocycles. The van der Waals surface area contributed by atoms with Crippen molar-refractivity contribution in [3.63, 3.8) is 0 Å². The van der Waals surface area contributed by atoms with Crippen LogP contribution in [-0.4, -0.2) is 35.7 Å². The minimum absolute atomic E-state index is 0.0785. The molecule has 0 saturated heterocycles. The molecule has 7 heteroatoms. The van der Waals surface area contributed by atoms with Gasteiger partial charge in [-0.15, -0.1) is 0 Å². The lowest BCUT2D eigenvalue weighted by molar-refractivity contribution is -0.124. The molecule has 2 aromatic rings. The van der Waals surface area contributed by atoms with Crippen molar-refractivity contribution in [3.8, 4) is 0 Å². The van der Waals surface area contributed by atoms with Gasteiger partial charge in [0.25, 0.3) is 0 Å². The van der Waals surface area contributed by atoms with Crippen molar-refractivity contribution in [2.75, 3.05) is 6.54 Å². The summed E-state index contributed by atoms with van der Waals surface area (Å²) in [6, 6.07) is 9.91. The van der Waals surface area contributed by atoms with Crippen LogP contribution in [0.3, 0.4) is 0 Å². The largest absolute Gasteiger partial charge is 0.390 e. The Kier molecular flexibility index (Phi) is 10.7. The Hall–Kier alpha value is -2.35. The van der Waals surface area contributed by atoms with Crippen LogP contribution in [-0.2, 0) is 24.2 Å². The number of nitrogens with one attached hydrogen (secondary N) is 2. The first-order chi connectivity index (χ1) is 15.3. The number of rotatable bonds is 13. The normalized spacial score (nSPS) is 14.1. The monoisotopic (exact) mass is 447 g/mol. The maximum atomic E-state index is 13.6. The van der Waals surface area contributed by atoms with E-state index in [9.17, 15) is 18.7 Å². The zero-order valence-corrected chi connectivity index (χ0v) is 18.9. The average molecular weight is 448 g/mol. The number of benzene rings is 2. The van der Waals surface area contributed by atoms with E-state index in [4.69, 9.17) is 5.73 Å². The first-order valence-corrected chi connectivity index (χ1v) is 11.3. The summed E-state index contributed by atoms with van der Waals surface area (Å²) >= 11 is 0. The fraction of sp³-hybridized carbons (Fsp3) is 0.480. The molecule has 0 bridgehead atoms. The lowest BCUT2D eigenvalue weighted by Gasteiger charge is -2.26. The molecule has 0 aliphatic rings. The Morgan fingerprint density at radius 2 is 1.75 bits per heavy atom. The fourth-order valence-electron chi connectivity index (χ4n) is 3.58. The summed E-state index contributed by atoms with van der Waals surface area (Å²) in [5.74, 6) is -1.78. The van der Waals surface area contributed by atoms with E-state index in [1.165, 1.54) is 17.7 Å². The SMILES string of the molecule is CCCC[C@H](N)C(=O)N[C@@H](Cc1cc(F)cc(F)c1)[C@H](O)CNCc1cccc(CC)c1. The molecule has 0 radical (unpaired) electrons. The summed E-state index contributed by atoms with van der Waals surface area (Å²) in [7, 11) is 0. The van der Waals surface area contributed by atoms with Gasteiger partial charge in [-0.1, -0.05) is 51.0 Å². The molecule has 5 N–H and O–H groups in total. The Bertz CT molecular complexity index is 843. The minimum atomic E-state index is -0.974. The van der Waals surface area contributed by atoms with E-state index in [0.29, 0.717) is 18.5 Å². The second-order valence-corrected chi connectivity index (χ2v) is 8.22. The third kappa shape index (κ3) is 8.65. The van der Waals surface area contributed by atoms with E-state index in [2.05, 4.69) is 29.7 Å². The van der Waals surface area contributed by atoms with Gasteiger partial charge in [0, 0.05) is 19.2 Å². The Labute approximate surface area is 189 Å². The van der Waals surface area contributed by atoms with Crippen molar-refractivity contribution in [1.82, 2.24) is 10.6 Å². The van der Waals surface area contributed by atoms with Gasteiger partial charge in [-0.3, -0.25) is 4.79 Å². The molecule has 2 rings (SSSR count). The Balaban J connectivity index is 2.04. The van der Waals surface area contributed by atoms with Crippen molar-refractivity contribution in [3.05, 3.63) is 70.8 Å². The highest BCUT2D eigenvalue weighted by molar-refractivity contribution is 5.81. The highest BCUT2D eigenvalue weighted by atomic mass is 19.1. The molecule has 0 aromatic heterocycles. The van der Waals surface area contributed by atoms with Crippen LogP contribution >= 0.6 is 0 Å². The molecule has 2 aromatic carbocycles. The van der Waals surface area contributed by atoms with Gasteiger partial charge in [0.05, 0.1) is 18.2 Å². The second kappa shape index (κ2) is 13.3. The van der Waals surface area contributed by atoms with Gasteiger partial charge < -0.3 is 21.5 Å². The number of carbonyl (C=O) groups is 1. The van der Waals surface area contributed by atoms with Crippen molar-refractivity contribution in [2.24, 2.45) is 5.73 Å². The van der Waals surface area contributed by atoms with E-state index in [-0.39, 0.29) is 18.9 Å². The molecular formula is C25H35F2N3O2. The van der Waals surface area contributed by atoms with Gasteiger partial charge in [-0.25, -0.2) is 8.78 Å².